The molecule has 6 rings (SSSR count). The van der Waals surface area contributed by atoms with Crippen molar-refractivity contribution >= 4 is 11.6 Å². The van der Waals surface area contributed by atoms with E-state index in [4.69, 9.17) is 4.74 Å². The molecule has 0 radical (unpaired) electrons. The summed E-state index contributed by atoms with van der Waals surface area (Å²) in [5.41, 5.74) is 4.79. The zero-order valence-electron chi connectivity index (χ0n) is 26.5. The molecule has 5 nitrogen and oxygen atoms in total. The van der Waals surface area contributed by atoms with Gasteiger partial charge in [-0.25, -0.2) is 0 Å². The molecule has 2 aliphatic heterocycles. The van der Waals surface area contributed by atoms with Gasteiger partial charge in [0.05, 0.1) is 6.10 Å². The summed E-state index contributed by atoms with van der Waals surface area (Å²) >= 11 is 0. The second kappa shape index (κ2) is 15.7. The molecule has 0 spiro atoms. The zero-order chi connectivity index (χ0) is 30.0. The average Bonchev–Trinajstić information content (AvgIpc) is 3.10. The molecule has 0 N–H and O–H groups in total. The highest BCUT2D eigenvalue weighted by atomic mass is 16.5. The summed E-state index contributed by atoms with van der Waals surface area (Å²) in [6.07, 6.45) is 11.1. The largest absolute Gasteiger partial charge is 0.376 e. The van der Waals surface area contributed by atoms with Gasteiger partial charge in [0.1, 0.15) is 0 Å². The molecule has 3 fully saturated rings. The quantitative estimate of drug-likeness (QED) is 0.229. The van der Waals surface area contributed by atoms with Crippen LogP contribution in [-0.4, -0.2) is 74.2 Å². The minimum absolute atomic E-state index is 0.177. The van der Waals surface area contributed by atoms with Crippen molar-refractivity contribution in [2.75, 3.05) is 57.3 Å². The van der Waals surface area contributed by atoms with Crippen LogP contribution < -0.4 is 4.90 Å². The Balaban J connectivity index is 1.07. The van der Waals surface area contributed by atoms with Crippen LogP contribution in [0.25, 0.3) is 0 Å². The molecule has 1 amide bonds. The number of nitrogens with zero attached hydrogens (tertiary/aromatic N) is 3. The normalized spacial score (nSPS) is 20.1. The number of benzene rings is 3. The summed E-state index contributed by atoms with van der Waals surface area (Å²) in [4.78, 5) is 21.2. The van der Waals surface area contributed by atoms with E-state index in [1.165, 1.54) is 55.3 Å². The summed E-state index contributed by atoms with van der Waals surface area (Å²) in [5, 5.41) is 0. The number of ether oxygens (including phenoxy) is 1. The average molecular weight is 594 g/mol. The fourth-order valence-electron chi connectivity index (χ4n) is 7.57. The molecule has 44 heavy (non-hydrogen) atoms. The Morgan fingerprint density at radius 2 is 1.43 bits per heavy atom. The number of anilines is 1. The van der Waals surface area contributed by atoms with Crippen LogP contribution in [0.4, 0.5) is 5.69 Å². The fraction of sp³-hybridized carbons (Fsp3) is 0.513. The van der Waals surface area contributed by atoms with Crippen molar-refractivity contribution in [3.8, 4) is 0 Å². The molecule has 2 heterocycles. The predicted molar refractivity (Wildman–Crippen MR) is 181 cm³/mol. The molecule has 2 saturated heterocycles. The number of rotatable bonds is 11. The van der Waals surface area contributed by atoms with E-state index in [1.54, 1.807) is 0 Å². The van der Waals surface area contributed by atoms with Gasteiger partial charge in [0.2, 0.25) is 0 Å². The first-order chi connectivity index (χ1) is 21.7. The molecule has 1 saturated carbocycles. The van der Waals surface area contributed by atoms with Gasteiger partial charge in [-0.2, -0.15) is 0 Å². The summed E-state index contributed by atoms with van der Waals surface area (Å²) in [6, 6.07) is 30.3. The van der Waals surface area contributed by atoms with Gasteiger partial charge in [-0.15, -0.1) is 0 Å². The molecule has 3 aliphatic rings. The van der Waals surface area contributed by atoms with Crippen LogP contribution in [0, 0.1) is 5.92 Å². The molecule has 1 atom stereocenters. The van der Waals surface area contributed by atoms with Gasteiger partial charge >= 0.3 is 0 Å². The first kappa shape index (κ1) is 30.9. The maximum absolute atomic E-state index is 14.0. The summed E-state index contributed by atoms with van der Waals surface area (Å²) < 4.78 is 6.09. The Bertz CT molecular complexity index is 1220. The van der Waals surface area contributed by atoms with E-state index in [0.717, 1.165) is 77.2 Å². The Kier molecular flexibility index (Phi) is 11.0. The van der Waals surface area contributed by atoms with Crippen molar-refractivity contribution < 1.29 is 9.53 Å². The Morgan fingerprint density at radius 3 is 2.09 bits per heavy atom. The van der Waals surface area contributed by atoms with Crippen molar-refractivity contribution in [2.24, 2.45) is 5.92 Å². The summed E-state index contributed by atoms with van der Waals surface area (Å²) in [6.45, 7) is 7.57. The van der Waals surface area contributed by atoms with Crippen molar-refractivity contribution in [1.82, 2.24) is 9.80 Å². The van der Waals surface area contributed by atoms with Gasteiger partial charge in [0.25, 0.3) is 5.91 Å². The Morgan fingerprint density at radius 1 is 0.750 bits per heavy atom. The lowest BCUT2D eigenvalue weighted by molar-refractivity contribution is -0.00667. The zero-order valence-corrected chi connectivity index (χ0v) is 26.5. The summed E-state index contributed by atoms with van der Waals surface area (Å²) in [7, 11) is 0. The molecule has 1 aliphatic carbocycles. The third-order valence-corrected chi connectivity index (χ3v) is 10.2. The van der Waals surface area contributed by atoms with E-state index in [0.29, 0.717) is 11.8 Å². The lowest BCUT2D eigenvalue weighted by Gasteiger charge is -2.37. The second-order valence-electron chi connectivity index (χ2n) is 13.2. The molecule has 3 aromatic carbocycles. The number of carbonyl (C=O) groups excluding carboxylic acids is 1. The minimum Gasteiger partial charge on any atom is -0.376 e. The van der Waals surface area contributed by atoms with Crippen molar-refractivity contribution in [1.29, 1.82) is 0 Å². The van der Waals surface area contributed by atoms with E-state index in [9.17, 15) is 4.79 Å². The van der Waals surface area contributed by atoms with Gasteiger partial charge in [0.15, 0.2) is 0 Å². The third kappa shape index (κ3) is 8.31. The highest BCUT2D eigenvalue weighted by Crippen LogP contribution is 2.29. The summed E-state index contributed by atoms with van der Waals surface area (Å²) in [5.74, 6) is 1.21. The van der Waals surface area contributed by atoms with Gasteiger partial charge in [-0.05, 0) is 80.3 Å². The fourth-order valence-corrected chi connectivity index (χ4v) is 7.57. The van der Waals surface area contributed by atoms with Crippen LogP contribution in [0.5, 0.6) is 0 Å². The maximum atomic E-state index is 14.0. The molecule has 1 unspecified atom stereocenters. The molecular weight excluding hydrogens is 542 g/mol. The van der Waals surface area contributed by atoms with E-state index in [-0.39, 0.29) is 12.0 Å². The number of carbonyl (C=O) groups is 1. The van der Waals surface area contributed by atoms with Crippen LogP contribution in [0.2, 0.25) is 0 Å². The number of amides is 1. The third-order valence-electron chi connectivity index (χ3n) is 10.2. The second-order valence-corrected chi connectivity index (χ2v) is 13.2. The van der Waals surface area contributed by atoms with Crippen molar-refractivity contribution in [3.05, 3.63) is 102 Å². The molecular formula is C39H51N3O2. The number of piperazine rings is 1. The van der Waals surface area contributed by atoms with Crippen LogP contribution in [0.3, 0.4) is 0 Å². The molecule has 0 bridgehead atoms. The van der Waals surface area contributed by atoms with E-state index < -0.39 is 0 Å². The van der Waals surface area contributed by atoms with Crippen LogP contribution in [0.15, 0.2) is 84.9 Å². The standard InChI is InChI=1S/C39H51N3O2/c43-39(42(30-32-13-4-1-5-14-32)31-37-21-10-11-28-44-37)35-19-12-20-36(29-35)41-26-24-40(25-27-41)23-22-38(33-15-6-2-7-16-33)34-17-8-3-9-18-34/h2-3,6-9,12,15-20,29,32,37-38H,1,4-5,10-11,13-14,21-28,30-31H2. The van der Waals surface area contributed by atoms with E-state index >= 15 is 0 Å². The number of hydrogen-bond acceptors (Lipinski definition) is 4. The van der Waals surface area contributed by atoms with Crippen molar-refractivity contribution in [3.63, 3.8) is 0 Å². The molecule has 0 aromatic heterocycles. The van der Waals surface area contributed by atoms with Crippen LogP contribution >= 0.6 is 0 Å². The molecule has 234 valence electrons. The van der Waals surface area contributed by atoms with Gasteiger partial charge in [-0.1, -0.05) is 86.0 Å². The lowest BCUT2D eigenvalue weighted by Crippen LogP contribution is -2.47. The van der Waals surface area contributed by atoms with Crippen LogP contribution in [0.1, 0.15) is 85.2 Å². The van der Waals surface area contributed by atoms with Gasteiger partial charge in [0, 0.05) is 63.0 Å². The van der Waals surface area contributed by atoms with Crippen molar-refractivity contribution in [2.45, 2.75) is 69.8 Å². The predicted octanol–water partition coefficient (Wildman–Crippen LogP) is 7.62. The van der Waals surface area contributed by atoms with Crippen LogP contribution in [-0.2, 0) is 4.74 Å². The SMILES string of the molecule is O=C(c1cccc(N2CCN(CCC(c3ccccc3)c3ccccc3)CC2)c1)N(CC1CCCCC1)CC1CCCCO1. The minimum atomic E-state index is 0.177. The molecule has 5 heteroatoms. The topological polar surface area (TPSA) is 36.0 Å². The maximum Gasteiger partial charge on any atom is 0.254 e. The first-order valence-corrected chi connectivity index (χ1v) is 17.3. The molecule has 3 aromatic rings. The number of hydrogen-bond donors (Lipinski definition) is 0. The monoisotopic (exact) mass is 593 g/mol. The smallest absolute Gasteiger partial charge is 0.254 e. The first-order valence-electron chi connectivity index (χ1n) is 17.3. The Labute approximate surface area is 265 Å². The lowest BCUT2D eigenvalue weighted by atomic mass is 9.88. The Hall–Kier alpha value is -3.15. The van der Waals surface area contributed by atoms with E-state index in [2.05, 4.69) is 93.6 Å². The van der Waals surface area contributed by atoms with Gasteiger partial charge < -0.3 is 14.5 Å². The highest BCUT2D eigenvalue weighted by Gasteiger charge is 2.27. The van der Waals surface area contributed by atoms with E-state index in [1.807, 2.05) is 6.07 Å². The highest BCUT2D eigenvalue weighted by molar-refractivity contribution is 5.95. The van der Waals surface area contributed by atoms with Gasteiger partial charge in [-0.3, -0.25) is 9.69 Å².